The first-order valence-electron chi connectivity index (χ1n) is 8.62. The number of anilines is 3. The second kappa shape index (κ2) is 6.93. The summed E-state index contributed by atoms with van der Waals surface area (Å²) in [5.41, 5.74) is 6.24. The molecule has 10 heteroatoms. The molecule has 150 valence electrons. The standard InChI is InChI=1S/C18H22F3N7/c1-10-13-14(24-12-7-5-6-11(8-12)18(19,20)21)25-16(23-9-17(2,3)22)26-15(13)28(4)27-10/h5-8H,9,22H2,1-4H3,(H2,23,24,25,26). The van der Waals surface area contributed by atoms with Crippen molar-refractivity contribution in [3.63, 3.8) is 0 Å². The van der Waals surface area contributed by atoms with Crippen LogP contribution in [0.1, 0.15) is 25.1 Å². The molecule has 0 aliphatic carbocycles. The number of rotatable bonds is 5. The molecule has 0 saturated heterocycles. The Morgan fingerprint density at radius 3 is 2.54 bits per heavy atom. The van der Waals surface area contributed by atoms with Crippen LogP contribution in [-0.2, 0) is 13.2 Å². The third-order valence-corrected chi connectivity index (χ3v) is 4.01. The molecule has 2 aromatic heterocycles. The Balaban J connectivity index is 2.04. The molecule has 3 aromatic rings. The van der Waals surface area contributed by atoms with E-state index in [2.05, 4.69) is 25.7 Å². The van der Waals surface area contributed by atoms with Crippen LogP contribution in [-0.4, -0.2) is 31.8 Å². The zero-order valence-electron chi connectivity index (χ0n) is 16.0. The van der Waals surface area contributed by atoms with Gasteiger partial charge >= 0.3 is 6.18 Å². The molecule has 0 atom stereocenters. The molecule has 0 unspecified atom stereocenters. The Kier molecular flexibility index (Phi) is 4.92. The molecule has 0 bridgehead atoms. The van der Waals surface area contributed by atoms with Crippen molar-refractivity contribution in [2.45, 2.75) is 32.5 Å². The van der Waals surface area contributed by atoms with E-state index in [0.29, 0.717) is 35.0 Å². The van der Waals surface area contributed by atoms with Crippen molar-refractivity contribution >= 4 is 28.5 Å². The van der Waals surface area contributed by atoms with Crippen molar-refractivity contribution in [3.05, 3.63) is 35.5 Å². The number of aromatic nitrogens is 4. The fraction of sp³-hybridized carbons (Fsp3) is 0.389. The lowest BCUT2D eigenvalue weighted by molar-refractivity contribution is -0.137. The molecule has 0 aliphatic rings. The van der Waals surface area contributed by atoms with Gasteiger partial charge < -0.3 is 16.4 Å². The molecule has 0 aliphatic heterocycles. The maximum Gasteiger partial charge on any atom is 0.416 e. The number of nitrogens with two attached hydrogens (primary N) is 1. The number of hydrogen-bond acceptors (Lipinski definition) is 6. The van der Waals surface area contributed by atoms with Gasteiger partial charge in [-0.25, -0.2) is 4.68 Å². The summed E-state index contributed by atoms with van der Waals surface area (Å²) in [6.07, 6.45) is -4.43. The van der Waals surface area contributed by atoms with Crippen LogP contribution in [0, 0.1) is 6.92 Å². The van der Waals surface area contributed by atoms with Gasteiger partial charge in [-0.15, -0.1) is 0 Å². The first kappa shape index (κ1) is 19.9. The van der Waals surface area contributed by atoms with Crippen LogP contribution in [0.5, 0.6) is 0 Å². The SMILES string of the molecule is Cc1nn(C)c2nc(NCC(C)(C)N)nc(Nc3cccc(C(F)(F)F)c3)c12. The van der Waals surface area contributed by atoms with E-state index in [-0.39, 0.29) is 5.69 Å². The van der Waals surface area contributed by atoms with Gasteiger partial charge in [0.25, 0.3) is 0 Å². The van der Waals surface area contributed by atoms with Crippen LogP contribution in [0.3, 0.4) is 0 Å². The van der Waals surface area contributed by atoms with Crippen LogP contribution < -0.4 is 16.4 Å². The second-order valence-corrected chi connectivity index (χ2v) is 7.35. The summed E-state index contributed by atoms with van der Waals surface area (Å²) in [5.74, 6) is 0.677. The normalized spacial score (nSPS) is 12.4. The van der Waals surface area contributed by atoms with Crippen LogP contribution in [0.4, 0.5) is 30.6 Å². The Hall–Kier alpha value is -2.88. The Morgan fingerprint density at radius 2 is 1.89 bits per heavy atom. The summed E-state index contributed by atoms with van der Waals surface area (Å²) in [4.78, 5) is 8.90. The smallest absolute Gasteiger partial charge is 0.352 e. The van der Waals surface area contributed by atoms with Crippen molar-refractivity contribution < 1.29 is 13.2 Å². The third-order valence-electron chi connectivity index (χ3n) is 4.01. The number of halogens is 3. The topological polar surface area (TPSA) is 93.7 Å². The van der Waals surface area contributed by atoms with Crippen LogP contribution in [0.15, 0.2) is 24.3 Å². The Labute approximate surface area is 160 Å². The highest BCUT2D eigenvalue weighted by atomic mass is 19.4. The van der Waals surface area contributed by atoms with E-state index < -0.39 is 17.3 Å². The van der Waals surface area contributed by atoms with Crippen molar-refractivity contribution in [2.24, 2.45) is 12.8 Å². The summed E-state index contributed by atoms with van der Waals surface area (Å²) in [5, 5.41) is 11.0. The fourth-order valence-electron chi connectivity index (χ4n) is 2.72. The quantitative estimate of drug-likeness (QED) is 0.613. The van der Waals surface area contributed by atoms with Gasteiger partial charge in [-0.1, -0.05) is 6.07 Å². The maximum absolute atomic E-state index is 13.0. The average molecular weight is 393 g/mol. The molecule has 7 nitrogen and oxygen atoms in total. The van der Waals surface area contributed by atoms with Crippen molar-refractivity contribution in [3.8, 4) is 0 Å². The van der Waals surface area contributed by atoms with Crippen molar-refractivity contribution in [2.75, 3.05) is 17.2 Å². The molecule has 3 rings (SSSR count). The van der Waals surface area contributed by atoms with Gasteiger partial charge in [0, 0.05) is 24.8 Å². The third kappa shape index (κ3) is 4.33. The number of alkyl halides is 3. The van der Waals surface area contributed by atoms with Gasteiger partial charge in [0.15, 0.2) is 5.65 Å². The van der Waals surface area contributed by atoms with Crippen molar-refractivity contribution in [1.29, 1.82) is 0 Å². The van der Waals surface area contributed by atoms with Crippen LogP contribution in [0.25, 0.3) is 11.0 Å². The second-order valence-electron chi connectivity index (χ2n) is 7.35. The minimum atomic E-state index is -4.43. The number of nitrogens with one attached hydrogen (secondary N) is 2. The fourth-order valence-corrected chi connectivity index (χ4v) is 2.72. The molecule has 0 radical (unpaired) electrons. The molecule has 0 spiro atoms. The molecule has 0 amide bonds. The molecular weight excluding hydrogens is 371 g/mol. The number of benzene rings is 1. The van der Waals surface area contributed by atoms with E-state index in [9.17, 15) is 13.2 Å². The predicted molar refractivity (Wildman–Crippen MR) is 103 cm³/mol. The summed E-state index contributed by atoms with van der Waals surface area (Å²) in [6, 6.07) is 4.95. The maximum atomic E-state index is 13.0. The lowest BCUT2D eigenvalue weighted by atomic mass is 10.1. The Morgan fingerprint density at radius 1 is 1.18 bits per heavy atom. The summed E-state index contributed by atoms with van der Waals surface area (Å²) in [6.45, 7) is 5.92. The van der Waals surface area contributed by atoms with E-state index in [1.54, 1.807) is 24.7 Å². The van der Waals surface area contributed by atoms with E-state index in [1.807, 2.05) is 13.8 Å². The van der Waals surface area contributed by atoms with Gasteiger partial charge in [-0.3, -0.25) is 0 Å². The van der Waals surface area contributed by atoms with E-state index in [0.717, 1.165) is 12.1 Å². The lowest BCUT2D eigenvalue weighted by Crippen LogP contribution is -2.40. The highest BCUT2D eigenvalue weighted by Crippen LogP contribution is 2.33. The van der Waals surface area contributed by atoms with Gasteiger partial charge in [0.2, 0.25) is 5.95 Å². The molecule has 0 fully saturated rings. The molecule has 28 heavy (non-hydrogen) atoms. The highest BCUT2D eigenvalue weighted by Gasteiger charge is 2.30. The van der Waals surface area contributed by atoms with Crippen molar-refractivity contribution in [1.82, 2.24) is 19.7 Å². The first-order valence-corrected chi connectivity index (χ1v) is 8.62. The Bertz CT molecular complexity index is 1000. The zero-order valence-corrected chi connectivity index (χ0v) is 16.0. The minimum absolute atomic E-state index is 0.267. The van der Waals surface area contributed by atoms with E-state index in [4.69, 9.17) is 5.73 Å². The summed E-state index contributed by atoms with van der Waals surface area (Å²) in [7, 11) is 1.74. The van der Waals surface area contributed by atoms with E-state index >= 15 is 0 Å². The molecular formula is C18H22F3N7. The molecule has 1 aromatic carbocycles. The van der Waals surface area contributed by atoms with Crippen LogP contribution >= 0.6 is 0 Å². The highest BCUT2D eigenvalue weighted by molar-refractivity contribution is 5.92. The lowest BCUT2D eigenvalue weighted by Gasteiger charge is -2.19. The van der Waals surface area contributed by atoms with Gasteiger partial charge in [-0.05, 0) is 39.0 Å². The average Bonchev–Trinajstić information content (AvgIpc) is 2.86. The largest absolute Gasteiger partial charge is 0.416 e. The minimum Gasteiger partial charge on any atom is -0.352 e. The summed E-state index contributed by atoms with van der Waals surface area (Å²) < 4.78 is 40.6. The number of nitrogens with zero attached hydrogens (tertiary/aromatic N) is 4. The zero-order chi connectivity index (χ0) is 20.7. The van der Waals surface area contributed by atoms with Gasteiger partial charge in [0.05, 0.1) is 16.6 Å². The number of hydrogen-bond donors (Lipinski definition) is 3. The van der Waals surface area contributed by atoms with E-state index in [1.165, 1.54) is 6.07 Å². The van der Waals surface area contributed by atoms with Gasteiger partial charge in [-0.2, -0.15) is 28.2 Å². The predicted octanol–water partition coefficient (Wildman–Crippen LogP) is 3.58. The summed E-state index contributed by atoms with van der Waals surface area (Å²) >= 11 is 0. The number of aryl methyl sites for hydroxylation is 2. The van der Waals surface area contributed by atoms with Crippen LogP contribution in [0.2, 0.25) is 0 Å². The molecule has 2 heterocycles. The molecule has 0 saturated carbocycles. The number of fused-ring (bicyclic) bond motifs is 1. The van der Waals surface area contributed by atoms with Gasteiger partial charge in [0.1, 0.15) is 5.82 Å². The molecule has 4 N–H and O–H groups in total. The monoisotopic (exact) mass is 393 g/mol. The first-order chi connectivity index (χ1) is 12.9.